The summed E-state index contributed by atoms with van der Waals surface area (Å²) in [4.78, 5) is 25.9. The van der Waals surface area contributed by atoms with Crippen LogP contribution in [0.25, 0.3) is 0 Å². The van der Waals surface area contributed by atoms with E-state index in [1.165, 1.54) is 12.1 Å². The Morgan fingerprint density at radius 2 is 2.03 bits per heavy atom. The molecule has 0 atom stereocenters. The van der Waals surface area contributed by atoms with E-state index in [0.717, 1.165) is 6.29 Å². The molecular formula is C20H17ClFN5O2. The van der Waals surface area contributed by atoms with Gasteiger partial charge in [0.05, 0.1) is 13.1 Å². The highest BCUT2D eigenvalue weighted by Crippen LogP contribution is 2.26. The lowest BCUT2D eigenvalue weighted by molar-refractivity contribution is 0.112. The molecule has 2 heterocycles. The SMILES string of the molecule is Cc1nc(Nc2cccc(C=O)c2)nc(N2CC(Oc3ccc(Cl)cc3F)C2)n1. The van der Waals surface area contributed by atoms with Crippen LogP contribution in [0.5, 0.6) is 5.75 Å². The van der Waals surface area contributed by atoms with Gasteiger partial charge in [-0.2, -0.15) is 15.0 Å². The summed E-state index contributed by atoms with van der Waals surface area (Å²) in [7, 11) is 0. The Labute approximate surface area is 171 Å². The van der Waals surface area contributed by atoms with Gasteiger partial charge >= 0.3 is 0 Å². The number of ether oxygens (including phenoxy) is 1. The van der Waals surface area contributed by atoms with E-state index in [2.05, 4.69) is 20.3 Å². The summed E-state index contributed by atoms with van der Waals surface area (Å²) in [5.41, 5.74) is 1.26. The summed E-state index contributed by atoms with van der Waals surface area (Å²) >= 11 is 5.76. The predicted molar refractivity (Wildman–Crippen MR) is 108 cm³/mol. The molecule has 29 heavy (non-hydrogen) atoms. The highest BCUT2D eigenvalue weighted by atomic mass is 35.5. The molecule has 0 radical (unpaired) electrons. The molecule has 4 rings (SSSR count). The molecule has 0 saturated carbocycles. The zero-order chi connectivity index (χ0) is 20.4. The van der Waals surface area contributed by atoms with Crippen molar-refractivity contribution in [3.8, 4) is 5.75 Å². The van der Waals surface area contributed by atoms with Gasteiger partial charge in [0, 0.05) is 16.3 Å². The van der Waals surface area contributed by atoms with E-state index in [-0.39, 0.29) is 11.9 Å². The minimum Gasteiger partial charge on any atom is -0.484 e. The predicted octanol–water partition coefficient (Wildman–Crippen LogP) is 3.80. The summed E-state index contributed by atoms with van der Waals surface area (Å²) in [6.07, 6.45) is 0.599. The van der Waals surface area contributed by atoms with Crippen molar-refractivity contribution in [3.63, 3.8) is 0 Å². The Kier molecular flexibility index (Phi) is 5.26. The summed E-state index contributed by atoms with van der Waals surface area (Å²) in [6.45, 7) is 2.81. The van der Waals surface area contributed by atoms with Crippen LogP contribution in [0.1, 0.15) is 16.2 Å². The van der Waals surface area contributed by atoms with Crippen LogP contribution < -0.4 is 15.0 Å². The number of aromatic nitrogens is 3. The van der Waals surface area contributed by atoms with Crippen LogP contribution in [-0.2, 0) is 0 Å². The number of benzene rings is 2. The Bertz CT molecular complexity index is 1060. The van der Waals surface area contributed by atoms with Gasteiger partial charge in [-0.3, -0.25) is 4.79 Å². The van der Waals surface area contributed by atoms with E-state index < -0.39 is 5.82 Å². The minimum atomic E-state index is -0.490. The molecular weight excluding hydrogens is 397 g/mol. The standard InChI is InChI=1S/C20H17ClFN5O2/c1-12-23-19(25-15-4-2-3-13(7-15)11-28)26-20(24-12)27-9-16(10-27)29-18-6-5-14(21)8-17(18)22/h2-8,11,16H,9-10H2,1H3,(H,23,24,25,26). The average molecular weight is 414 g/mol. The first-order valence-corrected chi connectivity index (χ1v) is 9.29. The lowest BCUT2D eigenvalue weighted by Gasteiger charge is -2.39. The Morgan fingerprint density at radius 1 is 1.21 bits per heavy atom. The third-order valence-corrected chi connectivity index (χ3v) is 4.57. The van der Waals surface area contributed by atoms with Crippen molar-refractivity contribution < 1.29 is 13.9 Å². The monoisotopic (exact) mass is 413 g/mol. The molecule has 7 nitrogen and oxygen atoms in total. The Balaban J connectivity index is 1.42. The average Bonchev–Trinajstić information content (AvgIpc) is 2.65. The summed E-state index contributed by atoms with van der Waals surface area (Å²) < 4.78 is 19.5. The van der Waals surface area contributed by atoms with Gasteiger partial charge in [0.1, 0.15) is 18.2 Å². The van der Waals surface area contributed by atoms with Gasteiger partial charge in [0.2, 0.25) is 11.9 Å². The Hall–Kier alpha value is -3.26. The van der Waals surface area contributed by atoms with Gasteiger partial charge in [-0.15, -0.1) is 0 Å². The smallest absolute Gasteiger partial charge is 0.232 e. The van der Waals surface area contributed by atoms with Crippen molar-refractivity contribution in [1.82, 2.24) is 15.0 Å². The zero-order valence-corrected chi connectivity index (χ0v) is 16.2. The fourth-order valence-corrected chi connectivity index (χ4v) is 3.07. The molecule has 1 aromatic heterocycles. The molecule has 1 aliphatic rings. The van der Waals surface area contributed by atoms with Crippen LogP contribution in [0.3, 0.4) is 0 Å². The second-order valence-corrected chi connectivity index (χ2v) is 7.03. The second-order valence-electron chi connectivity index (χ2n) is 6.59. The maximum Gasteiger partial charge on any atom is 0.232 e. The summed E-state index contributed by atoms with van der Waals surface area (Å²) in [6, 6.07) is 11.3. The lowest BCUT2D eigenvalue weighted by Crippen LogP contribution is -2.54. The fourth-order valence-electron chi connectivity index (χ4n) is 2.91. The molecule has 0 aliphatic carbocycles. The van der Waals surface area contributed by atoms with Crippen LogP contribution in [-0.4, -0.2) is 40.4 Å². The topological polar surface area (TPSA) is 80.2 Å². The second kappa shape index (κ2) is 8.00. The number of nitrogens with zero attached hydrogens (tertiary/aromatic N) is 4. The molecule has 1 N–H and O–H groups in total. The highest BCUT2D eigenvalue weighted by Gasteiger charge is 2.31. The maximum atomic E-state index is 13.9. The van der Waals surface area contributed by atoms with E-state index in [9.17, 15) is 9.18 Å². The number of hydrogen-bond acceptors (Lipinski definition) is 7. The number of anilines is 3. The third kappa shape index (κ3) is 4.43. The molecule has 9 heteroatoms. The highest BCUT2D eigenvalue weighted by molar-refractivity contribution is 6.30. The molecule has 0 bridgehead atoms. The molecule has 148 valence electrons. The third-order valence-electron chi connectivity index (χ3n) is 4.33. The first-order chi connectivity index (χ1) is 14.0. The van der Waals surface area contributed by atoms with E-state index >= 15 is 0 Å². The number of carbonyl (C=O) groups excluding carboxylic acids is 1. The number of carbonyl (C=O) groups is 1. The summed E-state index contributed by atoms with van der Waals surface area (Å²) in [5.74, 6) is 1.11. The van der Waals surface area contributed by atoms with Crippen molar-refractivity contribution >= 4 is 35.5 Å². The van der Waals surface area contributed by atoms with Crippen molar-refractivity contribution in [2.24, 2.45) is 0 Å². The van der Waals surface area contributed by atoms with Gasteiger partial charge in [-0.25, -0.2) is 4.39 Å². The maximum absolute atomic E-state index is 13.9. The van der Waals surface area contributed by atoms with Crippen LogP contribution >= 0.6 is 11.6 Å². The number of hydrogen-bond donors (Lipinski definition) is 1. The van der Waals surface area contributed by atoms with E-state index in [4.69, 9.17) is 16.3 Å². The molecule has 1 saturated heterocycles. The van der Waals surface area contributed by atoms with Crippen molar-refractivity contribution in [1.29, 1.82) is 0 Å². The van der Waals surface area contributed by atoms with Crippen LogP contribution in [0, 0.1) is 12.7 Å². The number of nitrogens with one attached hydrogen (secondary N) is 1. The summed E-state index contributed by atoms with van der Waals surface area (Å²) in [5, 5.41) is 3.41. The molecule has 1 fully saturated rings. The molecule has 1 aliphatic heterocycles. The van der Waals surface area contributed by atoms with Gasteiger partial charge in [-0.1, -0.05) is 23.7 Å². The molecule has 0 spiro atoms. The fraction of sp³-hybridized carbons (Fsp3) is 0.200. The normalized spacial score (nSPS) is 13.7. The van der Waals surface area contributed by atoms with E-state index in [0.29, 0.717) is 47.1 Å². The van der Waals surface area contributed by atoms with Gasteiger partial charge in [0.15, 0.2) is 11.6 Å². The quantitative estimate of drug-likeness (QED) is 0.615. The minimum absolute atomic E-state index is 0.170. The molecule has 2 aromatic carbocycles. The zero-order valence-electron chi connectivity index (χ0n) is 15.5. The number of halogens is 2. The number of aldehydes is 1. The molecule has 0 unspecified atom stereocenters. The van der Waals surface area contributed by atoms with E-state index in [1.54, 1.807) is 31.2 Å². The van der Waals surface area contributed by atoms with Crippen molar-refractivity contribution in [2.75, 3.05) is 23.3 Å². The first-order valence-electron chi connectivity index (χ1n) is 8.92. The largest absolute Gasteiger partial charge is 0.484 e. The van der Waals surface area contributed by atoms with Crippen LogP contribution in [0.15, 0.2) is 42.5 Å². The van der Waals surface area contributed by atoms with Gasteiger partial charge in [0.25, 0.3) is 0 Å². The van der Waals surface area contributed by atoms with Crippen molar-refractivity contribution in [2.45, 2.75) is 13.0 Å². The Morgan fingerprint density at radius 3 is 2.79 bits per heavy atom. The van der Waals surface area contributed by atoms with Crippen molar-refractivity contribution in [3.05, 3.63) is 64.7 Å². The van der Waals surface area contributed by atoms with E-state index in [1.807, 2.05) is 11.0 Å². The first kappa shape index (κ1) is 19.1. The molecule has 0 amide bonds. The van der Waals surface area contributed by atoms with Crippen LogP contribution in [0.2, 0.25) is 5.02 Å². The number of rotatable bonds is 6. The number of aryl methyl sites for hydroxylation is 1. The van der Waals surface area contributed by atoms with Gasteiger partial charge < -0.3 is 15.0 Å². The molecule has 3 aromatic rings. The van der Waals surface area contributed by atoms with Gasteiger partial charge in [-0.05, 0) is 37.3 Å². The van der Waals surface area contributed by atoms with Crippen LogP contribution in [0.4, 0.5) is 22.0 Å². The lowest BCUT2D eigenvalue weighted by atomic mass is 10.2.